The van der Waals surface area contributed by atoms with Crippen molar-refractivity contribution in [1.82, 2.24) is 0 Å². The minimum absolute atomic E-state index is 0.0244. The van der Waals surface area contributed by atoms with Gasteiger partial charge in [0.1, 0.15) is 5.75 Å². The monoisotopic (exact) mass is 193 g/mol. The average Bonchev–Trinajstić information content (AvgIpc) is 2.02. The van der Waals surface area contributed by atoms with Crippen LogP contribution < -0.4 is 5.32 Å². The molecule has 0 aliphatic rings. The van der Waals surface area contributed by atoms with Gasteiger partial charge in [0, 0.05) is 18.3 Å². The van der Waals surface area contributed by atoms with Crippen LogP contribution in [0.3, 0.4) is 0 Å². The molecular weight excluding hydrogens is 174 g/mol. The fourth-order valence-electron chi connectivity index (χ4n) is 1.56. The van der Waals surface area contributed by atoms with E-state index in [1.54, 1.807) is 0 Å². The fourth-order valence-corrected chi connectivity index (χ4v) is 1.56. The Hall–Kier alpha value is -1.18. The minimum Gasteiger partial charge on any atom is -0.508 e. The summed E-state index contributed by atoms with van der Waals surface area (Å²) in [6.45, 7) is 8.27. The Morgan fingerprint density at radius 1 is 1.21 bits per heavy atom. The summed E-state index contributed by atoms with van der Waals surface area (Å²) in [4.78, 5) is 0. The quantitative estimate of drug-likeness (QED) is 0.672. The molecule has 0 aromatic heterocycles. The van der Waals surface area contributed by atoms with Gasteiger partial charge in [0.05, 0.1) is 0 Å². The first kappa shape index (κ1) is 10.9. The molecule has 78 valence electrons. The third-order valence-corrected chi connectivity index (χ3v) is 2.42. The van der Waals surface area contributed by atoms with Crippen molar-refractivity contribution in [3.63, 3.8) is 0 Å². The Bertz CT molecular complexity index is 337. The highest BCUT2D eigenvalue weighted by atomic mass is 16.3. The van der Waals surface area contributed by atoms with Crippen LogP contribution in [0.2, 0.25) is 0 Å². The number of rotatable bonds is 1. The Labute approximate surface area is 86.0 Å². The van der Waals surface area contributed by atoms with Crippen molar-refractivity contribution in [2.45, 2.75) is 33.1 Å². The number of anilines is 1. The van der Waals surface area contributed by atoms with Gasteiger partial charge in [-0.05, 0) is 30.0 Å². The smallest absolute Gasteiger partial charge is 0.119 e. The van der Waals surface area contributed by atoms with Gasteiger partial charge in [0.2, 0.25) is 0 Å². The van der Waals surface area contributed by atoms with Crippen LogP contribution in [0.1, 0.15) is 31.9 Å². The summed E-state index contributed by atoms with van der Waals surface area (Å²) < 4.78 is 0. The molecular formula is C12H19NO. The van der Waals surface area contributed by atoms with E-state index in [0.29, 0.717) is 5.75 Å². The van der Waals surface area contributed by atoms with Crippen LogP contribution in [-0.4, -0.2) is 12.2 Å². The van der Waals surface area contributed by atoms with E-state index in [-0.39, 0.29) is 5.41 Å². The van der Waals surface area contributed by atoms with Crippen LogP contribution in [0.25, 0.3) is 0 Å². The maximum atomic E-state index is 9.82. The highest BCUT2D eigenvalue weighted by Gasteiger charge is 2.19. The van der Waals surface area contributed by atoms with Crippen LogP contribution in [0.4, 0.5) is 5.69 Å². The van der Waals surface area contributed by atoms with Gasteiger partial charge in [-0.3, -0.25) is 0 Å². The standard InChI is InChI=1S/C12H19NO/c1-8-6-11(14)9(12(2,3)4)7-10(8)13-5/h6-7,13-14H,1-5H3. The van der Waals surface area contributed by atoms with E-state index in [1.165, 1.54) is 0 Å². The van der Waals surface area contributed by atoms with Gasteiger partial charge in [0.15, 0.2) is 0 Å². The maximum Gasteiger partial charge on any atom is 0.119 e. The van der Waals surface area contributed by atoms with Crippen molar-refractivity contribution < 1.29 is 5.11 Å². The molecule has 2 heteroatoms. The molecule has 0 fully saturated rings. The molecule has 14 heavy (non-hydrogen) atoms. The molecule has 2 nitrogen and oxygen atoms in total. The highest BCUT2D eigenvalue weighted by Crippen LogP contribution is 2.34. The van der Waals surface area contributed by atoms with E-state index in [1.807, 2.05) is 26.1 Å². The number of nitrogens with one attached hydrogen (secondary N) is 1. The number of phenolic OH excluding ortho intramolecular Hbond substituents is 1. The molecule has 1 rings (SSSR count). The second-order valence-electron chi connectivity index (χ2n) is 4.68. The Kier molecular flexibility index (Phi) is 2.74. The molecule has 1 aromatic carbocycles. The zero-order chi connectivity index (χ0) is 10.9. The summed E-state index contributed by atoms with van der Waals surface area (Å²) in [5, 5.41) is 12.9. The summed E-state index contributed by atoms with van der Waals surface area (Å²) in [5.41, 5.74) is 3.10. The van der Waals surface area contributed by atoms with Crippen LogP contribution >= 0.6 is 0 Å². The van der Waals surface area contributed by atoms with Crippen LogP contribution in [0, 0.1) is 6.92 Å². The molecule has 1 aromatic rings. The number of aryl methyl sites for hydroxylation is 1. The molecule has 0 aliphatic heterocycles. The van der Waals surface area contributed by atoms with E-state index in [2.05, 4.69) is 26.1 Å². The zero-order valence-electron chi connectivity index (χ0n) is 9.60. The lowest BCUT2D eigenvalue weighted by molar-refractivity contribution is 0.446. The first-order chi connectivity index (χ1) is 6.36. The van der Waals surface area contributed by atoms with Gasteiger partial charge in [-0.1, -0.05) is 20.8 Å². The van der Waals surface area contributed by atoms with Gasteiger partial charge < -0.3 is 10.4 Å². The number of phenols is 1. The van der Waals surface area contributed by atoms with Gasteiger partial charge in [-0.2, -0.15) is 0 Å². The SMILES string of the molecule is CNc1cc(C(C)(C)C)c(O)cc1C. The lowest BCUT2D eigenvalue weighted by Crippen LogP contribution is -2.12. The molecule has 2 N–H and O–H groups in total. The Morgan fingerprint density at radius 2 is 1.79 bits per heavy atom. The van der Waals surface area contributed by atoms with Crippen LogP contribution in [0.15, 0.2) is 12.1 Å². The van der Waals surface area contributed by atoms with E-state index in [0.717, 1.165) is 16.8 Å². The van der Waals surface area contributed by atoms with Crippen molar-refractivity contribution >= 4 is 5.69 Å². The third kappa shape index (κ3) is 2.00. The molecule has 0 saturated heterocycles. The molecule has 0 heterocycles. The van der Waals surface area contributed by atoms with Gasteiger partial charge in [-0.15, -0.1) is 0 Å². The predicted molar refractivity (Wildman–Crippen MR) is 61.1 cm³/mol. The lowest BCUT2D eigenvalue weighted by Gasteiger charge is -2.22. The molecule has 0 radical (unpaired) electrons. The predicted octanol–water partition coefficient (Wildman–Crippen LogP) is 3.04. The van der Waals surface area contributed by atoms with E-state index in [4.69, 9.17) is 0 Å². The van der Waals surface area contributed by atoms with Crippen molar-refractivity contribution in [2.24, 2.45) is 0 Å². The number of hydrogen-bond donors (Lipinski definition) is 2. The summed E-state index contributed by atoms with van der Waals surface area (Å²) in [7, 11) is 1.89. The van der Waals surface area contributed by atoms with Crippen LogP contribution in [-0.2, 0) is 5.41 Å². The summed E-state index contributed by atoms with van der Waals surface area (Å²) in [6, 6.07) is 3.83. The first-order valence-corrected chi connectivity index (χ1v) is 4.88. The van der Waals surface area contributed by atoms with E-state index in [9.17, 15) is 5.11 Å². The summed E-state index contributed by atoms with van der Waals surface area (Å²) in [6.07, 6.45) is 0. The summed E-state index contributed by atoms with van der Waals surface area (Å²) >= 11 is 0. The van der Waals surface area contributed by atoms with Gasteiger partial charge >= 0.3 is 0 Å². The average molecular weight is 193 g/mol. The van der Waals surface area contributed by atoms with Crippen molar-refractivity contribution in [2.75, 3.05) is 12.4 Å². The van der Waals surface area contributed by atoms with Crippen molar-refractivity contribution in [3.05, 3.63) is 23.3 Å². The third-order valence-electron chi connectivity index (χ3n) is 2.42. The van der Waals surface area contributed by atoms with Crippen molar-refractivity contribution in [1.29, 1.82) is 0 Å². The number of benzene rings is 1. The molecule has 0 atom stereocenters. The highest BCUT2D eigenvalue weighted by molar-refractivity contribution is 5.58. The molecule has 0 bridgehead atoms. The van der Waals surface area contributed by atoms with Crippen LogP contribution in [0.5, 0.6) is 5.75 Å². The Balaban J connectivity index is 3.32. The second kappa shape index (κ2) is 3.52. The zero-order valence-corrected chi connectivity index (χ0v) is 9.60. The fraction of sp³-hybridized carbons (Fsp3) is 0.500. The topological polar surface area (TPSA) is 32.3 Å². The van der Waals surface area contributed by atoms with E-state index >= 15 is 0 Å². The maximum absolute atomic E-state index is 9.82. The molecule has 0 saturated carbocycles. The second-order valence-corrected chi connectivity index (χ2v) is 4.68. The summed E-state index contributed by atoms with van der Waals surface area (Å²) in [5.74, 6) is 0.383. The Morgan fingerprint density at radius 3 is 2.21 bits per heavy atom. The molecule has 0 spiro atoms. The molecule has 0 aliphatic carbocycles. The molecule has 0 unspecified atom stereocenters. The minimum atomic E-state index is -0.0244. The van der Waals surface area contributed by atoms with Crippen molar-refractivity contribution in [3.8, 4) is 5.75 Å². The van der Waals surface area contributed by atoms with Gasteiger partial charge in [0.25, 0.3) is 0 Å². The largest absolute Gasteiger partial charge is 0.508 e. The number of hydrogen-bond acceptors (Lipinski definition) is 2. The van der Waals surface area contributed by atoms with E-state index < -0.39 is 0 Å². The lowest BCUT2D eigenvalue weighted by atomic mass is 9.85. The normalized spacial score (nSPS) is 11.5. The first-order valence-electron chi connectivity index (χ1n) is 4.88. The number of aromatic hydroxyl groups is 1. The molecule has 0 amide bonds. The van der Waals surface area contributed by atoms with Gasteiger partial charge in [-0.25, -0.2) is 0 Å².